The highest BCUT2D eigenvalue weighted by atomic mass is 16.5. The molecule has 1 aromatic rings. The lowest BCUT2D eigenvalue weighted by Crippen LogP contribution is -2.12. The molecular weight excluding hydrogens is 151 g/mol. The highest BCUT2D eigenvalue weighted by Crippen LogP contribution is 2.03. The quantitative estimate of drug-likeness (QED) is 0.474. The van der Waals surface area contributed by atoms with E-state index in [0.29, 0.717) is 18.7 Å². The molecule has 2 nitrogen and oxygen atoms in total. The molecule has 0 spiro atoms. The van der Waals surface area contributed by atoms with Crippen molar-refractivity contribution in [1.29, 1.82) is 0 Å². The van der Waals surface area contributed by atoms with Crippen molar-refractivity contribution < 1.29 is 9.47 Å². The third-order valence-electron chi connectivity index (χ3n) is 1.46. The summed E-state index contributed by atoms with van der Waals surface area (Å²) in [6.45, 7) is 1.11. The van der Waals surface area contributed by atoms with E-state index in [0.717, 1.165) is 5.75 Å². The van der Waals surface area contributed by atoms with Crippen LogP contribution in [0, 0.1) is 0 Å². The van der Waals surface area contributed by atoms with Crippen molar-refractivity contribution in [2.45, 2.75) is 0 Å². The second kappa shape index (κ2) is 4.83. The predicted molar refractivity (Wildman–Crippen MR) is 49.2 cm³/mol. The fraction of sp³-hybridized carbons (Fsp3) is 0.333. The first kappa shape index (κ1) is 9.14. The van der Waals surface area contributed by atoms with Gasteiger partial charge in [0.15, 0.2) is 0 Å². The first-order valence-electron chi connectivity index (χ1n) is 3.81. The second-order valence-corrected chi connectivity index (χ2v) is 2.38. The molecule has 62 valence electrons. The summed E-state index contributed by atoms with van der Waals surface area (Å²) < 4.78 is 10.2. The fourth-order valence-electron chi connectivity index (χ4n) is 0.847. The summed E-state index contributed by atoms with van der Waals surface area (Å²) in [6.07, 6.45) is 0. The maximum atomic E-state index is 5.64. The van der Waals surface area contributed by atoms with Crippen molar-refractivity contribution in [3.8, 4) is 5.75 Å². The Labute approximate surface area is 73.9 Å². The molecule has 0 fully saturated rings. The molecule has 1 aromatic carbocycles. The number of hydrogen-bond donors (Lipinski definition) is 0. The van der Waals surface area contributed by atoms with Gasteiger partial charge in [0.1, 0.15) is 20.2 Å². The van der Waals surface area contributed by atoms with Crippen LogP contribution in [0.3, 0.4) is 0 Å². The van der Waals surface area contributed by atoms with Gasteiger partial charge in [-0.1, -0.05) is 23.7 Å². The molecule has 0 aliphatic rings. The molecule has 0 heterocycles. The molecule has 0 aromatic heterocycles. The third-order valence-corrected chi connectivity index (χ3v) is 1.46. The van der Waals surface area contributed by atoms with Crippen LogP contribution in [-0.4, -0.2) is 28.2 Å². The highest BCUT2D eigenvalue weighted by Gasteiger charge is 1.95. The molecule has 0 amide bonds. The van der Waals surface area contributed by atoms with E-state index < -0.39 is 0 Å². The molecule has 0 aliphatic carbocycles. The zero-order valence-electron chi connectivity index (χ0n) is 7.12. The van der Waals surface area contributed by atoms with Gasteiger partial charge in [-0.15, -0.1) is 0 Å². The minimum Gasteiger partial charge on any atom is -0.492 e. The minimum atomic E-state index is 0.532. The van der Waals surface area contributed by atoms with Gasteiger partial charge in [0.05, 0.1) is 6.61 Å². The van der Waals surface area contributed by atoms with Crippen molar-refractivity contribution >= 4 is 13.3 Å². The van der Waals surface area contributed by atoms with E-state index in [9.17, 15) is 0 Å². The van der Waals surface area contributed by atoms with Crippen LogP contribution in [0.5, 0.6) is 5.75 Å². The van der Waals surface area contributed by atoms with Crippen LogP contribution in [0.2, 0.25) is 0 Å². The molecule has 0 saturated carbocycles. The number of methoxy groups -OCH3 is 1. The van der Waals surface area contributed by atoms with E-state index in [1.807, 2.05) is 24.3 Å². The summed E-state index contributed by atoms with van der Waals surface area (Å²) >= 11 is 0. The normalized spacial score (nSPS) is 9.75. The third kappa shape index (κ3) is 2.59. The molecule has 0 aliphatic heterocycles. The lowest BCUT2D eigenvalue weighted by Gasteiger charge is -2.07. The van der Waals surface area contributed by atoms with Crippen LogP contribution < -0.4 is 10.2 Å². The topological polar surface area (TPSA) is 18.5 Å². The van der Waals surface area contributed by atoms with Crippen molar-refractivity contribution in [3.63, 3.8) is 0 Å². The Balaban J connectivity index is 2.46. The standard InChI is InChI=1S/C9H11BO2/c1-11-6-7-12-9-5-3-2-4-8(9)10/h2-5H,6-7H2,1H3. The van der Waals surface area contributed by atoms with Crippen LogP contribution in [0.4, 0.5) is 0 Å². The molecule has 0 atom stereocenters. The van der Waals surface area contributed by atoms with Crippen LogP contribution in [0.1, 0.15) is 0 Å². The van der Waals surface area contributed by atoms with Gasteiger partial charge in [-0.05, 0) is 6.07 Å². The number of ether oxygens (including phenoxy) is 2. The molecule has 0 bridgehead atoms. The first-order valence-corrected chi connectivity index (χ1v) is 3.81. The monoisotopic (exact) mass is 162 g/mol. The van der Waals surface area contributed by atoms with E-state index in [-0.39, 0.29) is 0 Å². The average molecular weight is 162 g/mol. The average Bonchev–Trinajstić information content (AvgIpc) is 2.09. The lowest BCUT2D eigenvalue weighted by atomic mass is 9.95. The van der Waals surface area contributed by atoms with Crippen LogP contribution >= 0.6 is 0 Å². The van der Waals surface area contributed by atoms with E-state index in [2.05, 4.69) is 0 Å². The smallest absolute Gasteiger partial charge is 0.119 e. The second-order valence-electron chi connectivity index (χ2n) is 2.38. The molecule has 0 unspecified atom stereocenters. The van der Waals surface area contributed by atoms with Crippen molar-refractivity contribution in [3.05, 3.63) is 24.3 Å². The molecule has 0 saturated heterocycles. The first-order chi connectivity index (χ1) is 5.84. The fourth-order valence-corrected chi connectivity index (χ4v) is 0.847. The Morgan fingerprint density at radius 3 is 2.67 bits per heavy atom. The van der Waals surface area contributed by atoms with Gasteiger partial charge in [0, 0.05) is 7.11 Å². The molecular formula is C9H11BO2. The van der Waals surface area contributed by atoms with Gasteiger partial charge in [-0.25, -0.2) is 0 Å². The van der Waals surface area contributed by atoms with Crippen molar-refractivity contribution in [2.75, 3.05) is 20.3 Å². The molecule has 0 N–H and O–H groups in total. The van der Waals surface area contributed by atoms with Crippen LogP contribution in [0.15, 0.2) is 24.3 Å². The maximum absolute atomic E-state index is 5.64. The zero-order chi connectivity index (χ0) is 8.81. The van der Waals surface area contributed by atoms with Gasteiger partial charge >= 0.3 is 0 Å². The number of rotatable bonds is 4. The number of hydrogen-bond acceptors (Lipinski definition) is 2. The summed E-state index contributed by atoms with van der Waals surface area (Å²) in [5.74, 6) is 0.717. The Morgan fingerprint density at radius 2 is 2.00 bits per heavy atom. The molecule has 3 heteroatoms. The largest absolute Gasteiger partial charge is 0.492 e. The Kier molecular flexibility index (Phi) is 3.68. The Bertz CT molecular complexity index is 238. The van der Waals surface area contributed by atoms with Gasteiger partial charge in [0.2, 0.25) is 0 Å². The summed E-state index contributed by atoms with van der Waals surface area (Å²) in [5.41, 5.74) is 0.661. The molecule has 2 radical (unpaired) electrons. The molecule has 12 heavy (non-hydrogen) atoms. The van der Waals surface area contributed by atoms with Gasteiger partial charge in [0.25, 0.3) is 0 Å². The van der Waals surface area contributed by atoms with Gasteiger partial charge in [-0.2, -0.15) is 0 Å². The summed E-state index contributed by atoms with van der Waals surface area (Å²) in [7, 11) is 7.27. The predicted octanol–water partition coefficient (Wildman–Crippen LogP) is 0.506. The number of benzene rings is 1. The minimum absolute atomic E-state index is 0.532. The van der Waals surface area contributed by atoms with Gasteiger partial charge in [-0.3, -0.25) is 0 Å². The van der Waals surface area contributed by atoms with Gasteiger partial charge < -0.3 is 9.47 Å². The van der Waals surface area contributed by atoms with Crippen molar-refractivity contribution in [2.24, 2.45) is 0 Å². The number of para-hydroxylation sites is 1. The summed E-state index contributed by atoms with van der Waals surface area (Å²) in [5, 5.41) is 0. The van der Waals surface area contributed by atoms with E-state index in [1.165, 1.54) is 0 Å². The SMILES string of the molecule is [B]c1ccccc1OCCOC. The van der Waals surface area contributed by atoms with Crippen molar-refractivity contribution in [1.82, 2.24) is 0 Å². The Morgan fingerprint density at radius 1 is 1.25 bits per heavy atom. The summed E-state index contributed by atoms with van der Waals surface area (Å²) in [4.78, 5) is 0. The highest BCUT2D eigenvalue weighted by molar-refractivity contribution is 6.34. The Hall–Kier alpha value is -0.955. The summed E-state index contributed by atoms with van der Waals surface area (Å²) in [6, 6.07) is 7.41. The van der Waals surface area contributed by atoms with Crippen LogP contribution in [-0.2, 0) is 4.74 Å². The zero-order valence-corrected chi connectivity index (χ0v) is 7.12. The van der Waals surface area contributed by atoms with E-state index >= 15 is 0 Å². The van der Waals surface area contributed by atoms with E-state index in [1.54, 1.807) is 7.11 Å². The maximum Gasteiger partial charge on any atom is 0.119 e. The van der Waals surface area contributed by atoms with Crippen LogP contribution in [0.25, 0.3) is 0 Å². The molecule has 1 rings (SSSR count). The lowest BCUT2D eigenvalue weighted by molar-refractivity contribution is 0.147. The van der Waals surface area contributed by atoms with E-state index in [4.69, 9.17) is 17.3 Å².